The fourth-order valence-electron chi connectivity index (χ4n) is 4.39. The lowest BCUT2D eigenvalue weighted by Crippen LogP contribution is -2.44. The summed E-state index contributed by atoms with van der Waals surface area (Å²) in [5, 5.41) is 7.69. The molecule has 2 aliphatic heterocycles. The van der Waals surface area contributed by atoms with Gasteiger partial charge in [-0.2, -0.15) is 0 Å². The quantitative estimate of drug-likeness (QED) is 0.530. The highest BCUT2D eigenvalue weighted by molar-refractivity contribution is 6.32. The molecule has 0 spiro atoms. The second-order valence-electron chi connectivity index (χ2n) is 8.46. The number of benzene rings is 1. The first kappa shape index (κ1) is 21.9. The van der Waals surface area contributed by atoms with Crippen molar-refractivity contribution in [3.63, 3.8) is 0 Å². The van der Waals surface area contributed by atoms with Gasteiger partial charge in [0.2, 0.25) is 0 Å². The summed E-state index contributed by atoms with van der Waals surface area (Å²) in [5.74, 6) is 1.69. The molecule has 1 unspecified atom stereocenters. The molecule has 2 fully saturated rings. The molecule has 0 bridgehead atoms. The number of pyridine rings is 1. The fraction of sp³-hybridized carbons (Fsp3) is 0.500. The zero-order valence-corrected chi connectivity index (χ0v) is 19.1. The Morgan fingerprint density at radius 2 is 1.87 bits per heavy atom. The first-order valence-electron chi connectivity index (χ1n) is 11.3. The molecule has 3 heterocycles. The predicted molar refractivity (Wildman–Crippen MR) is 129 cm³/mol. The third-order valence-electron chi connectivity index (χ3n) is 6.13. The minimum Gasteiger partial charge on any atom is -0.353 e. The number of aromatic nitrogens is 1. The van der Waals surface area contributed by atoms with E-state index in [1.165, 1.54) is 43.5 Å². The monoisotopic (exact) mass is 440 g/mol. The first-order chi connectivity index (χ1) is 15.2. The molecule has 0 aliphatic carbocycles. The highest BCUT2D eigenvalue weighted by atomic mass is 35.5. The number of nitrogens with one attached hydrogen (secondary N) is 2. The summed E-state index contributed by atoms with van der Waals surface area (Å²) < 4.78 is 0. The smallest absolute Gasteiger partial charge is 0.191 e. The van der Waals surface area contributed by atoms with Crippen molar-refractivity contribution in [1.29, 1.82) is 0 Å². The SMILES string of the molecule is CN=C(NCc1ccc(CN2CCCCC2)cc1)NC1CCN(c2ncccc2Cl)C1. The molecule has 2 aromatic rings. The van der Waals surface area contributed by atoms with E-state index in [2.05, 4.69) is 54.7 Å². The molecule has 31 heavy (non-hydrogen) atoms. The van der Waals surface area contributed by atoms with Gasteiger partial charge in [0, 0.05) is 45.5 Å². The highest BCUT2D eigenvalue weighted by Gasteiger charge is 2.25. The Labute approximate surface area is 190 Å². The number of hydrogen-bond acceptors (Lipinski definition) is 4. The van der Waals surface area contributed by atoms with E-state index in [0.29, 0.717) is 11.1 Å². The zero-order valence-electron chi connectivity index (χ0n) is 18.4. The summed E-state index contributed by atoms with van der Waals surface area (Å²) in [5.41, 5.74) is 2.66. The van der Waals surface area contributed by atoms with E-state index in [0.717, 1.165) is 44.4 Å². The molecule has 0 radical (unpaired) electrons. The summed E-state index contributed by atoms with van der Waals surface area (Å²) in [6.07, 6.45) is 6.87. The molecule has 6 nitrogen and oxygen atoms in total. The fourth-order valence-corrected chi connectivity index (χ4v) is 4.63. The molecule has 0 amide bonds. The summed E-state index contributed by atoms with van der Waals surface area (Å²) in [6, 6.07) is 13.0. The van der Waals surface area contributed by atoms with Gasteiger partial charge in [-0.3, -0.25) is 9.89 Å². The Kier molecular flexibility index (Phi) is 7.65. The van der Waals surface area contributed by atoms with E-state index >= 15 is 0 Å². The van der Waals surface area contributed by atoms with Crippen LogP contribution in [0.25, 0.3) is 0 Å². The van der Waals surface area contributed by atoms with E-state index in [-0.39, 0.29) is 0 Å². The van der Waals surface area contributed by atoms with Crippen LogP contribution in [0.4, 0.5) is 5.82 Å². The maximum atomic E-state index is 6.30. The number of aliphatic imine (C=N–C) groups is 1. The van der Waals surface area contributed by atoms with Gasteiger partial charge in [0.25, 0.3) is 0 Å². The van der Waals surface area contributed by atoms with Crippen LogP contribution in [-0.2, 0) is 13.1 Å². The van der Waals surface area contributed by atoms with Gasteiger partial charge in [0.1, 0.15) is 5.82 Å². The number of piperidine rings is 1. The second-order valence-corrected chi connectivity index (χ2v) is 8.87. The number of nitrogens with zero attached hydrogens (tertiary/aromatic N) is 4. The maximum absolute atomic E-state index is 6.30. The van der Waals surface area contributed by atoms with Crippen LogP contribution in [0.2, 0.25) is 5.02 Å². The van der Waals surface area contributed by atoms with Crippen molar-refractivity contribution in [2.45, 2.75) is 44.8 Å². The number of anilines is 1. The Bertz CT molecular complexity index is 863. The van der Waals surface area contributed by atoms with Gasteiger partial charge in [-0.05, 0) is 55.6 Å². The number of likely N-dealkylation sites (tertiary alicyclic amines) is 1. The van der Waals surface area contributed by atoms with E-state index in [1.54, 1.807) is 6.20 Å². The number of guanidine groups is 1. The minimum absolute atomic E-state index is 0.316. The molecule has 166 valence electrons. The average molecular weight is 441 g/mol. The lowest BCUT2D eigenvalue weighted by Gasteiger charge is -2.26. The Balaban J connectivity index is 1.24. The highest BCUT2D eigenvalue weighted by Crippen LogP contribution is 2.25. The Morgan fingerprint density at radius 3 is 2.61 bits per heavy atom. The molecule has 2 saturated heterocycles. The summed E-state index contributed by atoms with van der Waals surface area (Å²) in [4.78, 5) is 13.6. The largest absolute Gasteiger partial charge is 0.353 e. The minimum atomic E-state index is 0.316. The lowest BCUT2D eigenvalue weighted by atomic mass is 10.1. The van der Waals surface area contributed by atoms with Crippen molar-refractivity contribution in [3.8, 4) is 0 Å². The van der Waals surface area contributed by atoms with E-state index in [4.69, 9.17) is 11.6 Å². The van der Waals surface area contributed by atoms with Gasteiger partial charge in [0.15, 0.2) is 5.96 Å². The van der Waals surface area contributed by atoms with Gasteiger partial charge in [-0.1, -0.05) is 42.3 Å². The van der Waals surface area contributed by atoms with Gasteiger partial charge in [-0.25, -0.2) is 4.98 Å². The van der Waals surface area contributed by atoms with E-state index < -0.39 is 0 Å². The molecule has 2 N–H and O–H groups in total. The Morgan fingerprint density at radius 1 is 1.10 bits per heavy atom. The number of rotatable bonds is 6. The van der Waals surface area contributed by atoms with Crippen LogP contribution < -0.4 is 15.5 Å². The van der Waals surface area contributed by atoms with Gasteiger partial charge < -0.3 is 15.5 Å². The van der Waals surface area contributed by atoms with Crippen molar-refractivity contribution in [3.05, 3.63) is 58.7 Å². The van der Waals surface area contributed by atoms with Crippen LogP contribution in [0.1, 0.15) is 36.8 Å². The molecule has 2 aliphatic rings. The maximum Gasteiger partial charge on any atom is 0.191 e. The molecule has 4 rings (SSSR count). The number of hydrogen-bond donors (Lipinski definition) is 2. The zero-order chi connectivity index (χ0) is 21.5. The number of halogens is 1. The van der Waals surface area contributed by atoms with Crippen LogP contribution >= 0.6 is 11.6 Å². The average Bonchev–Trinajstić information content (AvgIpc) is 3.27. The summed E-state index contributed by atoms with van der Waals surface area (Å²) in [6.45, 7) is 6.08. The van der Waals surface area contributed by atoms with Crippen molar-refractivity contribution in [2.24, 2.45) is 4.99 Å². The standard InChI is InChI=1S/C24H33ClN6/c1-26-24(29-21-11-15-31(18-21)23-22(25)6-5-12-27-23)28-16-19-7-9-20(10-8-19)17-30-13-3-2-4-14-30/h5-10,12,21H,2-4,11,13-18H2,1H3,(H2,26,28,29). The molecule has 1 aromatic carbocycles. The topological polar surface area (TPSA) is 55.8 Å². The molecular weight excluding hydrogens is 408 g/mol. The van der Waals surface area contributed by atoms with Crippen LogP contribution in [0, 0.1) is 0 Å². The summed E-state index contributed by atoms with van der Waals surface area (Å²) in [7, 11) is 1.82. The second kappa shape index (κ2) is 10.8. The molecular formula is C24H33ClN6. The van der Waals surface area contributed by atoms with Gasteiger partial charge in [-0.15, -0.1) is 0 Å². The third-order valence-corrected chi connectivity index (χ3v) is 6.42. The van der Waals surface area contributed by atoms with Crippen LogP contribution in [-0.4, -0.2) is 55.1 Å². The van der Waals surface area contributed by atoms with Gasteiger partial charge >= 0.3 is 0 Å². The third kappa shape index (κ3) is 6.11. The lowest BCUT2D eigenvalue weighted by molar-refractivity contribution is 0.221. The van der Waals surface area contributed by atoms with Crippen LogP contribution in [0.15, 0.2) is 47.6 Å². The van der Waals surface area contributed by atoms with Crippen LogP contribution in [0.5, 0.6) is 0 Å². The van der Waals surface area contributed by atoms with Crippen LogP contribution in [0.3, 0.4) is 0 Å². The van der Waals surface area contributed by atoms with Crippen molar-refractivity contribution in [1.82, 2.24) is 20.5 Å². The predicted octanol–water partition coefficient (Wildman–Crippen LogP) is 3.66. The molecule has 1 aromatic heterocycles. The normalized spacial score (nSPS) is 20.1. The summed E-state index contributed by atoms with van der Waals surface area (Å²) >= 11 is 6.30. The molecule has 1 atom stereocenters. The van der Waals surface area contributed by atoms with Crippen molar-refractivity contribution < 1.29 is 0 Å². The van der Waals surface area contributed by atoms with Gasteiger partial charge in [0.05, 0.1) is 5.02 Å². The first-order valence-corrected chi connectivity index (χ1v) is 11.7. The van der Waals surface area contributed by atoms with E-state index in [1.807, 2.05) is 19.2 Å². The molecule has 7 heteroatoms. The van der Waals surface area contributed by atoms with E-state index in [9.17, 15) is 0 Å². The van der Waals surface area contributed by atoms with Crippen molar-refractivity contribution in [2.75, 3.05) is 38.1 Å². The Hall–Kier alpha value is -2.31. The van der Waals surface area contributed by atoms with Crippen molar-refractivity contribution >= 4 is 23.4 Å². The molecule has 0 saturated carbocycles.